The SMILES string of the molecule is CCC(C)(F)C(=O)OC(c1ccccc1)C(F)(F)F. The number of esters is 1. The first kappa shape index (κ1) is 15.5. The minimum absolute atomic E-state index is 0.241. The van der Waals surface area contributed by atoms with Gasteiger partial charge in [-0.05, 0) is 13.3 Å². The lowest BCUT2D eigenvalue weighted by molar-refractivity contribution is -0.229. The van der Waals surface area contributed by atoms with Crippen LogP contribution >= 0.6 is 0 Å². The van der Waals surface area contributed by atoms with Crippen molar-refractivity contribution >= 4 is 5.97 Å². The van der Waals surface area contributed by atoms with Gasteiger partial charge >= 0.3 is 12.1 Å². The molecule has 2 nitrogen and oxygen atoms in total. The molecule has 19 heavy (non-hydrogen) atoms. The molecule has 0 saturated heterocycles. The molecule has 0 heterocycles. The van der Waals surface area contributed by atoms with Crippen molar-refractivity contribution in [1.82, 2.24) is 0 Å². The Labute approximate surface area is 108 Å². The van der Waals surface area contributed by atoms with Crippen LogP contribution in [0.25, 0.3) is 0 Å². The predicted molar refractivity (Wildman–Crippen MR) is 61.1 cm³/mol. The third-order valence-corrected chi connectivity index (χ3v) is 2.71. The molecule has 0 fully saturated rings. The van der Waals surface area contributed by atoms with E-state index < -0.39 is 23.9 Å². The Balaban J connectivity index is 2.99. The average Bonchev–Trinajstić information content (AvgIpc) is 2.35. The molecule has 1 aromatic carbocycles. The maximum absolute atomic E-state index is 13.6. The molecule has 1 rings (SSSR count). The molecule has 6 heteroatoms. The standard InChI is InChI=1S/C13H14F4O2/c1-3-12(2,14)11(18)19-10(13(15,16)17)9-7-5-4-6-8-9/h4-8,10H,3H2,1-2H3. The summed E-state index contributed by atoms with van der Waals surface area (Å²) in [5.41, 5.74) is -2.67. The van der Waals surface area contributed by atoms with Crippen molar-refractivity contribution in [1.29, 1.82) is 0 Å². The van der Waals surface area contributed by atoms with Gasteiger partial charge in [-0.2, -0.15) is 13.2 Å². The minimum Gasteiger partial charge on any atom is -0.445 e. The Hall–Kier alpha value is -1.59. The minimum atomic E-state index is -4.79. The lowest BCUT2D eigenvalue weighted by Gasteiger charge is -2.24. The van der Waals surface area contributed by atoms with Crippen molar-refractivity contribution in [3.8, 4) is 0 Å². The number of halogens is 4. The highest BCUT2D eigenvalue weighted by Crippen LogP contribution is 2.37. The highest BCUT2D eigenvalue weighted by molar-refractivity contribution is 5.79. The first-order valence-electron chi connectivity index (χ1n) is 5.70. The van der Waals surface area contributed by atoms with E-state index >= 15 is 0 Å². The number of carbonyl (C=O) groups is 1. The van der Waals surface area contributed by atoms with E-state index in [9.17, 15) is 22.4 Å². The third-order valence-electron chi connectivity index (χ3n) is 2.71. The largest absolute Gasteiger partial charge is 0.445 e. The molecular formula is C13H14F4O2. The quantitative estimate of drug-likeness (QED) is 0.615. The zero-order valence-corrected chi connectivity index (χ0v) is 10.5. The van der Waals surface area contributed by atoms with Crippen LogP contribution in [-0.2, 0) is 9.53 Å². The van der Waals surface area contributed by atoms with Crippen LogP contribution in [0.2, 0.25) is 0 Å². The number of rotatable bonds is 4. The lowest BCUT2D eigenvalue weighted by atomic mass is 10.1. The fraction of sp³-hybridized carbons (Fsp3) is 0.462. The zero-order valence-electron chi connectivity index (χ0n) is 10.5. The van der Waals surface area contributed by atoms with Crippen LogP contribution in [-0.4, -0.2) is 17.8 Å². The molecule has 0 aromatic heterocycles. The molecule has 0 N–H and O–H groups in total. The number of ether oxygens (including phenoxy) is 1. The molecule has 0 aliphatic carbocycles. The van der Waals surface area contributed by atoms with Crippen molar-refractivity contribution in [2.24, 2.45) is 0 Å². The molecule has 2 atom stereocenters. The summed E-state index contributed by atoms with van der Waals surface area (Å²) in [7, 11) is 0. The molecule has 1 aromatic rings. The van der Waals surface area contributed by atoms with Gasteiger partial charge in [0.2, 0.25) is 11.8 Å². The summed E-state index contributed by atoms with van der Waals surface area (Å²) in [5, 5.41) is 0. The molecule has 2 unspecified atom stereocenters. The van der Waals surface area contributed by atoms with E-state index in [1.807, 2.05) is 0 Å². The van der Waals surface area contributed by atoms with Crippen LogP contribution in [0.15, 0.2) is 30.3 Å². The van der Waals surface area contributed by atoms with E-state index in [4.69, 9.17) is 0 Å². The average molecular weight is 278 g/mol. The second-order valence-electron chi connectivity index (χ2n) is 4.29. The Bertz CT molecular complexity index is 426. The first-order valence-corrected chi connectivity index (χ1v) is 5.70. The molecule has 0 bridgehead atoms. The van der Waals surface area contributed by atoms with Crippen LogP contribution in [0.1, 0.15) is 31.9 Å². The van der Waals surface area contributed by atoms with Gasteiger partial charge in [0, 0.05) is 5.56 Å². The van der Waals surface area contributed by atoms with Crippen LogP contribution in [0.5, 0.6) is 0 Å². The molecule has 0 saturated carbocycles. The van der Waals surface area contributed by atoms with Crippen molar-refractivity contribution in [3.63, 3.8) is 0 Å². The van der Waals surface area contributed by atoms with E-state index in [1.165, 1.54) is 37.3 Å². The van der Waals surface area contributed by atoms with Gasteiger partial charge in [-0.15, -0.1) is 0 Å². The normalized spacial score (nSPS) is 16.5. The topological polar surface area (TPSA) is 26.3 Å². The Morgan fingerprint density at radius 2 is 1.74 bits per heavy atom. The van der Waals surface area contributed by atoms with Crippen molar-refractivity contribution in [2.75, 3.05) is 0 Å². The van der Waals surface area contributed by atoms with Crippen LogP contribution < -0.4 is 0 Å². The lowest BCUT2D eigenvalue weighted by Crippen LogP contribution is -2.36. The summed E-state index contributed by atoms with van der Waals surface area (Å²) in [4.78, 5) is 11.4. The van der Waals surface area contributed by atoms with E-state index in [0.717, 1.165) is 6.92 Å². The van der Waals surface area contributed by atoms with Crippen LogP contribution in [0.3, 0.4) is 0 Å². The highest BCUT2D eigenvalue weighted by atomic mass is 19.4. The summed E-state index contributed by atoms with van der Waals surface area (Å²) in [6.45, 7) is 2.25. The van der Waals surface area contributed by atoms with Gasteiger partial charge < -0.3 is 4.74 Å². The monoisotopic (exact) mass is 278 g/mol. The van der Waals surface area contributed by atoms with Gasteiger partial charge in [0.25, 0.3) is 0 Å². The fourth-order valence-electron chi connectivity index (χ4n) is 1.33. The van der Waals surface area contributed by atoms with E-state index in [1.54, 1.807) is 0 Å². The van der Waals surface area contributed by atoms with Gasteiger partial charge in [-0.25, -0.2) is 9.18 Å². The predicted octanol–water partition coefficient (Wildman–Crippen LogP) is 3.97. The summed E-state index contributed by atoms with van der Waals surface area (Å²) in [6.07, 6.45) is -7.51. The maximum atomic E-state index is 13.6. The molecule has 0 radical (unpaired) electrons. The number of hydrogen-bond acceptors (Lipinski definition) is 2. The Morgan fingerprint density at radius 3 is 2.16 bits per heavy atom. The van der Waals surface area contributed by atoms with Gasteiger partial charge in [0.05, 0.1) is 0 Å². The van der Waals surface area contributed by atoms with Crippen LogP contribution in [0, 0.1) is 0 Å². The summed E-state index contributed by atoms with van der Waals surface area (Å²) >= 11 is 0. The Kier molecular flexibility index (Phi) is 4.55. The van der Waals surface area contributed by atoms with Gasteiger partial charge in [-0.3, -0.25) is 0 Å². The number of carbonyl (C=O) groups excluding carboxylic acids is 1. The van der Waals surface area contributed by atoms with Gasteiger partial charge in [0.15, 0.2) is 0 Å². The first-order chi connectivity index (χ1) is 8.68. The number of benzene rings is 1. The van der Waals surface area contributed by atoms with E-state index in [-0.39, 0.29) is 12.0 Å². The summed E-state index contributed by atoms with van der Waals surface area (Å²) in [6, 6.07) is 6.65. The molecule has 0 spiro atoms. The van der Waals surface area contributed by atoms with E-state index in [0.29, 0.717) is 0 Å². The molecule has 0 amide bonds. The fourth-order valence-corrected chi connectivity index (χ4v) is 1.33. The van der Waals surface area contributed by atoms with Crippen LogP contribution in [0.4, 0.5) is 17.6 Å². The number of hydrogen-bond donors (Lipinski definition) is 0. The van der Waals surface area contributed by atoms with E-state index in [2.05, 4.69) is 4.74 Å². The highest BCUT2D eigenvalue weighted by Gasteiger charge is 2.46. The van der Waals surface area contributed by atoms with Crippen molar-refractivity contribution in [3.05, 3.63) is 35.9 Å². The van der Waals surface area contributed by atoms with Crippen molar-refractivity contribution < 1.29 is 27.1 Å². The Morgan fingerprint density at radius 1 is 1.21 bits per heavy atom. The number of alkyl halides is 4. The van der Waals surface area contributed by atoms with Gasteiger partial charge in [-0.1, -0.05) is 37.3 Å². The van der Waals surface area contributed by atoms with Gasteiger partial charge in [0.1, 0.15) is 0 Å². The second kappa shape index (κ2) is 5.59. The van der Waals surface area contributed by atoms with Crippen molar-refractivity contribution in [2.45, 2.75) is 38.2 Å². The second-order valence-corrected chi connectivity index (χ2v) is 4.29. The zero-order chi connectivity index (χ0) is 14.7. The third kappa shape index (κ3) is 3.94. The maximum Gasteiger partial charge on any atom is 0.429 e. The molecular weight excluding hydrogens is 264 g/mol. The summed E-state index contributed by atoms with van der Waals surface area (Å²) < 4.78 is 56.5. The molecule has 0 aliphatic heterocycles. The summed E-state index contributed by atoms with van der Waals surface area (Å²) in [5.74, 6) is -1.51. The molecule has 106 valence electrons. The smallest absolute Gasteiger partial charge is 0.429 e. The molecule has 0 aliphatic rings.